The molecule has 2 rings (SSSR count). The van der Waals surface area contributed by atoms with Crippen LogP contribution < -0.4 is 0 Å². The first-order chi connectivity index (χ1) is 9.19. The molecule has 0 atom stereocenters. The zero-order valence-electron chi connectivity index (χ0n) is 10.7. The molecule has 2 nitrogen and oxygen atoms in total. The van der Waals surface area contributed by atoms with Gasteiger partial charge in [0, 0.05) is 5.75 Å². The number of benzene rings is 1. The lowest BCUT2D eigenvalue weighted by atomic mass is 10.1. The van der Waals surface area contributed by atoms with Gasteiger partial charge in [-0.1, -0.05) is 72.6 Å². The van der Waals surface area contributed by atoms with Gasteiger partial charge in [-0.05, 0) is 24.0 Å². The normalized spacial score (nSPS) is 10.9. The number of H-pyrrole nitrogens is 1. The van der Waals surface area contributed by atoms with Crippen LogP contribution in [0.2, 0.25) is 10.3 Å². The number of aromatic nitrogens is 2. The standard InChI is InChI=1S/C14H16Cl2N2S/c1-2-3-4-10-5-7-11(8-6-10)9-19-14-17-12(15)13(16)18-14/h5-8H,2-4,9H2,1H3,(H,17,18). The topological polar surface area (TPSA) is 28.7 Å². The number of nitrogens with zero attached hydrogens (tertiary/aromatic N) is 1. The first-order valence-electron chi connectivity index (χ1n) is 6.30. The minimum atomic E-state index is 0.332. The van der Waals surface area contributed by atoms with Gasteiger partial charge in [0.1, 0.15) is 5.15 Å². The van der Waals surface area contributed by atoms with Gasteiger partial charge in [0.05, 0.1) is 0 Å². The summed E-state index contributed by atoms with van der Waals surface area (Å²) in [4.78, 5) is 7.06. The molecular weight excluding hydrogens is 299 g/mol. The Labute approximate surface area is 127 Å². The molecule has 0 aliphatic heterocycles. The van der Waals surface area contributed by atoms with Crippen molar-refractivity contribution in [2.45, 2.75) is 37.1 Å². The molecule has 0 saturated heterocycles. The number of aromatic amines is 1. The van der Waals surface area contributed by atoms with Gasteiger partial charge in [-0.15, -0.1) is 0 Å². The van der Waals surface area contributed by atoms with Crippen LogP contribution in [-0.4, -0.2) is 9.97 Å². The highest BCUT2D eigenvalue weighted by molar-refractivity contribution is 7.98. The summed E-state index contributed by atoms with van der Waals surface area (Å²) in [5, 5.41) is 1.49. The van der Waals surface area contributed by atoms with E-state index in [9.17, 15) is 0 Å². The number of unbranched alkanes of at least 4 members (excludes halogenated alkanes) is 1. The number of rotatable bonds is 6. The van der Waals surface area contributed by atoms with Gasteiger partial charge in [0.15, 0.2) is 10.3 Å². The molecule has 0 spiro atoms. The zero-order valence-corrected chi connectivity index (χ0v) is 13.1. The van der Waals surface area contributed by atoms with Crippen LogP contribution in [0.15, 0.2) is 29.4 Å². The van der Waals surface area contributed by atoms with Crippen LogP contribution in [0.3, 0.4) is 0 Å². The molecule has 0 aliphatic carbocycles. The molecule has 5 heteroatoms. The lowest BCUT2D eigenvalue weighted by molar-refractivity contribution is 0.795. The molecule has 0 aliphatic rings. The van der Waals surface area contributed by atoms with Crippen molar-refractivity contribution in [2.75, 3.05) is 0 Å². The molecule has 1 aromatic carbocycles. The third kappa shape index (κ3) is 4.44. The molecule has 0 bridgehead atoms. The SMILES string of the molecule is CCCCc1ccc(CSc2nc(Cl)c(Cl)[nH]2)cc1. The van der Waals surface area contributed by atoms with Gasteiger partial charge >= 0.3 is 0 Å². The molecule has 2 aromatic rings. The van der Waals surface area contributed by atoms with Crippen LogP contribution in [0, 0.1) is 0 Å². The Bertz CT molecular complexity index is 503. The first-order valence-corrected chi connectivity index (χ1v) is 8.05. The second-order valence-electron chi connectivity index (χ2n) is 4.36. The third-order valence-electron chi connectivity index (χ3n) is 2.82. The lowest BCUT2D eigenvalue weighted by Crippen LogP contribution is -1.87. The number of aryl methyl sites for hydroxylation is 1. The molecule has 0 amide bonds. The summed E-state index contributed by atoms with van der Waals surface area (Å²) in [6.07, 6.45) is 3.64. The fourth-order valence-corrected chi connectivity index (χ4v) is 2.91. The molecule has 0 radical (unpaired) electrons. The van der Waals surface area contributed by atoms with Gasteiger partial charge in [0.2, 0.25) is 0 Å². The van der Waals surface area contributed by atoms with Crippen LogP contribution in [0.25, 0.3) is 0 Å². The maximum Gasteiger partial charge on any atom is 0.168 e. The third-order valence-corrected chi connectivity index (χ3v) is 4.40. The van der Waals surface area contributed by atoms with E-state index < -0.39 is 0 Å². The number of hydrogen-bond donors (Lipinski definition) is 1. The Hall–Kier alpha value is -0.640. The minimum Gasteiger partial charge on any atom is -0.323 e. The van der Waals surface area contributed by atoms with Crippen molar-refractivity contribution in [3.05, 3.63) is 45.7 Å². The second kappa shape index (κ2) is 7.22. The molecule has 0 saturated carbocycles. The van der Waals surface area contributed by atoms with Gasteiger partial charge in [-0.25, -0.2) is 4.98 Å². The Kier molecular flexibility index (Phi) is 5.61. The average molecular weight is 315 g/mol. The average Bonchev–Trinajstić information content (AvgIpc) is 2.74. The highest BCUT2D eigenvalue weighted by atomic mass is 35.5. The van der Waals surface area contributed by atoms with E-state index in [1.165, 1.54) is 24.0 Å². The summed E-state index contributed by atoms with van der Waals surface area (Å²) in [7, 11) is 0. The summed E-state index contributed by atoms with van der Waals surface area (Å²) in [6, 6.07) is 8.75. The summed E-state index contributed by atoms with van der Waals surface area (Å²) >= 11 is 13.2. The van der Waals surface area contributed by atoms with E-state index in [1.807, 2.05) is 0 Å². The van der Waals surface area contributed by atoms with Crippen molar-refractivity contribution in [2.24, 2.45) is 0 Å². The van der Waals surface area contributed by atoms with Gasteiger partial charge in [-0.2, -0.15) is 0 Å². The van der Waals surface area contributed by atoms with E-state index in [-0.39, 0.29) is 0 Å². The number of hydrogen-bond acceptors (Lipinski definition) is 2. The Morgan fingerprint density at radius 2 is 1.84 bits per heavy atom. The predicted octanol–water partition coefficient (Wildman–Crippen LogP) is 5.35. The quantitative estimate of drug-likeness (QED) is 0.728. The minimum absolute atomic E-state index is 0.332. The molecule has 19 heavy (non-hydrogen) atoms. The van der Waals surface area contributed by atoms with Crippen molar-refractivity contribution in [3.63, 3.8) is 0 Å². The van der Waals surface area contributed by atoms with Crippen molar-refractivity contribution in [1.29, 1.82) is 0 Å². The van der Waals surface area contributed by atoms with Crippen LogP contribution in [0.4, 0.5) is 0 Å². The van der Waals surface area contributed by atoms with Gasteiger partial charge in [0.25, 0.3) is 0 Å². The maximum absolute atomic E-state index is 5.82. The molecule has 1 N–H and O–H groups in total. The zero-order chi connectivity index (χ0) is 13.7. The van der Waals surface area contributed by atoms with Crippen molar-refractivity contribution in [1.82, 2.24) is 9.97 Å². The van der Waals surface area contributed by atoms with Crippen LogP contribution in [0.5, 0.6) is 0 Å². The molecule has 102 valence electrons. The fraction of sp³-hybridized carbons (Fsp3) is 0.357. The lowest BCUT2D eigenvalue weighted by Gasteiger charge is -2.02. The van der Waals surface area contributed by atoms with Crippen LogP contribution >= 0.6 is 35.0 Å². The summed E-state index contributed by atoms with van der Waals surface area (Å²) in [5.41, 5.74) is 2.67. The van der Waals surface area contributed by atoms with E-state index in [2.05, 4.69) is 41.2 Å². The number of thioether (sulfide) groups is 1. The van der Waals surface area contributed by atoms with Gasteiger partial charge in [-0.3, -0.25) is 0 Å². The molecule has 0 unspecified atom stereocenters. The second-order valence-corrected chi connectivity index (χ2v) is 6.06. The van der Waals surface area contributed by atoms with E-state index in [0.717, 1.165) is 17.3 Å². The number of imidazole rings is 1. The monoisotopic (exact) mass is 314 g/mol. The predicted molar refractivity (Wildman–Crippen MR) is 83.2 cm³/mol. The summed E-state index contributed by atoms with van der Waals surface area (Å²) in [5.74, 6) is 0.855. The fourth-order valence-electron chi connectivity index (χ4n) is 1.71. The highest BCUT2D eigenvalue weighted by Gasteiger charge is 2.06. The number of nitrogens with one attached hydrogen (secondary N) is 1. The molecule has 1 heterocycles. The smallest absolute Gasteiger partial charge is 0.168 e. The maximum atomic E-state index is 5.82. The Morgan fingerprint density at radius 1 is 1.16 bits per heavy atom. The first kappa shape index (κ1) is 14.8. The summed E-state index contributed by atoms with van der Waals surface area (Å²) in [6.45, 7) is 2.21. The van der Waals surface area contributed by atoms with Crippen LogP contribution in [-0.2, 0) is 12.2 Å². The van der Waals surface area contributed by atoms with E-state index >= 15 is 0 Å². The Balaban J connectivity index is 1.89. The van der Waals surface area contributed by atoms with E-state index in [4.69, 9.17) is 23.2 Å². The molecule has 1 aromatic heterocycles. The molecular formula is C14H16Cl2N2S. The summed E-state index contributed by atoms with van der Waals surface area (Å²) < 4.78 is 0. The van der Waals surface area contributed by atoms with Gasteiger partial charge < -0.3 is 4.98 Å². The highest BCUT2D eigenvalue weighted by Crippen LogP contribution is 2.26. The molecule has 0 fully saturated rings. The van der Waals surface area contributed by atoms with Crippen molar-refractivity contribution < 1.29 is 0 Å². The van der Waals surface area contributed by atoms with Crippen molar-refractivity contribution in [3.8, 4) is 0 Å². The number of halogens is 2. The van der Waals surface area contributed by atoms with Crippen molar-refractivity contribution >= 4 is 35.0 Å². The van der Waals surface area contributed by atoms with E-state index in [0.29, 0.717) is 10.3 Å². The Morgan fingerprint density at radius 3 is 2.42 bits per heavy atom. The van der Waals surface area contributed by atoms with Crippen LogP contribution in [0.1, 0.15) is 30.9 Å². The largest absolute Gasteiger partial charge is 0.323 e. The van der Waals surface area contributed by atoms with E-state index in [1.54, 1.807) is 11.8 Å².